The summed E-state index contributed by atoms with van der Waals surface area (Å²) in [6.07, 6.45) is 8.49. The number of ether oxygens (including phenoxy) is 6. The zero-order valence-electron chi connectivity index (χ0n) is 57.5. The van der Waals surface area contributed by atoms with Gasteiger partial charge < -0.3 is 28.4 Å². The molecule has 0 amide bonds. The SMILES string of the molecule is COCC1(CC(COP(=O)(OCC(CC2(COC)C(=O)C3CCN2C(C)C3)[C@]2(COC)C(=O)C3CCN2[C@H](C)C3)OCC(CC2(COC)C(=O)C3CCN2C(C)C3)[C@]2(COC)C(=O)C3CCN2[C@H](C)C3)[C@]2(COC)C(=O)C3CCN2[C@H](C)C3)C(=O)C2CCN1C(C)C2. The van der Waals surface area contributed by atoms with E-state index in [0.717, 1.165) is 0 Å². The van der Waals surface area contributed by atoms with Crippen molar-refractivity contribution in [2.45, 2.75) is 207 Å². The molecular formula is C69H111N6O16P. The highest BCUT2D eigenvalue weighted by molar-refractivity contribution is 7.48. The van der Waals surface area contributed by atoms with Crippen LogP contribution >= 0.6 is 7.82 Å². The molecule has 0 aliphatic carbocycles. The Morgan fingerprint density at radius 2 is 0.543 bits per heavy atom. The van der Waals surface area contributed by atoms with Crippen LogP contribution in [0.4, 0.5) is 0 Å². The minimum Gasteiger partial charge on any atom is -0.382 e. The number of methoxy groups -OCH3 is 6. The van der Waals surface area contributed by atoms with E-state index in [1.165, 1.54) is 0 Å². The van der Waals surface area contributed by atoms with Gasteiger partial charge in [0.05, 0.1) is 59.5 Å². The number of piperidine rings is 18. The molecule has 0 spiro atoms. The first-order valence-electron chi connectivity index (χ1n) is 35.3. The first-order chi connectivity index (χ1) is 44.0. The zero-order chi connectivity index (χ0) is 65.7. The van der Waals surface area contributed by atoms with E-state index in [9.17, 15) is 0 Å². The summed E-state index contributed by atoms with van der Waals surface area (Å²) >= 11 is 0. The molecule has 92 heavy (non-hydrogen) atoms. The van der Waals surface area contributed by atoms with Gasteiger partial charge in [0, 0.05) is 171 Å². The van der Waals surface area contributed by atoms with Crippen LogP contribution in [0.1, 0.15) is 138 Å². The zero-order valence-corrected chi connectivity index (χ0v) is 58.4. The standard InChI is InChI=1S/C69H111N6O16P/c1-43-25-49-13-19-70(43)64(37-83-7,58(49)76)31-55(67(40-86-10)61(79)52-16-22-73(67)46(4)28-52)34-89-92(82,90-35-56(68(41-87-11)62(80)53-17-23-74(68)47(5)29-53)32-65(38-84-8)59(77)50-14-20-71(65)44(2)26-50)91-36-57(69(42-88-12)63(81)54-18-24-75(69)48(6)30-54)33-66(39-85-9)60(78)51-15-21-72(66)45(3)27-51/h43-57H,13-42H2,1-12H3/t43?,44?,45?,46-,47-,48-,49?,50?,51?,52?,53?,54?,55?,56?,57?,64?,65?,66?,67-,68-,69-,92?/m1/s1. The van der Waals surface area contributed by atoms with Crippen LogP contribution in [0.2, 0.25) is 0 Å². The maximum Gasteiger partial charge on any atom is 0.474 e. The van der Waals surface area contributed by atoms with Crippen molar-refractivity contribution >= 4 is 42.5 Å². The number of hydrogen-bond acceptors (Lipinski definition) is 22. The molecule has 18 heterocycles. The summed E-state index contributed by atoms with van der Waals surface area (Å²) in [5, 5.41) is 0. The third-order valence-corrected chi connectivity index (χ3v) is 28.0. The Labute approximate surface area is 547 Å². The summed E-state index contributed by atoms with van der Waals surface area (Å²) < 4.78 is 76.3. The summed E-state index contributed by atoms with van der Waals surface area (Å²) in [6.45, 7) is 15.5. The van der Waals surface area contributed by atoms with E-state index in [1.54, 1.807) is 42.7 Å². The number of carbonyl (C=O) groups is 6. The van der Waals surface area contributed by atoms with Gasteiger partial charge in [-0.25, -0.2) is 4.57 Å². The van der Waals surface area contributed by atoms with Gasteiger partial charge in [0.1, 0.15) is 33.2 Å². The number of phosphoric ester groups is 1. The highest BCUT2D eigenvalue weighted by Gasteiger charge is 2.69. The molecule has 18 aliphatic rings. The Morgan fingerprint density at radius 1 is 0.337 bits per heavy atom. The van der Waals surface area contributed by atoms with Crippen molar-refractivity contribution in [2.24, 2.45) is 53.3 Å². The normalized spacial score (nSPS) is 46.8. The lowest BCUT2D eigenvalue weighted by molar-refractivity contribution is -0.184. The Morgan fingerprint density at radius 3 is 0.750 bits per heavy atom. The van der Waals surface area contributed by atoms with Gasteiger partial charge in [0.2, 0.25) is 0 Å². The second kappa shape index (κ2) is 26.7. The van der Waals surface area contributed by atoms with Crippen molar-refractivity contribution in [1.29, 1.82) is 0 Å². The highest BCUT2D eigenvalue weighted by atomic mass is 31.2. The van der Waals surface area contributed by atoms with Crippen molar-refractivity contribution in [2.75, 3.05) is 141 Å². The van der Waals surface area contributed by atoms with E-state index in [4.69, 9.17) is 42.0 Å². The molecule has 27 atom stereocenters. The van der Waals surface area contributed by atoms with Crippen LogP contribution in [-0.2, 0) is 75.3 Å². The molecule has 0 aromatic rings. The minimum absolute atomic E-state index is 0.0116. The minimum atomic E-state index is -5.13. The topological polar surface area (TPSA) is 222 Å². The van der Waals surface area contributed by atoms with E-state index in [-0.39, 0.29) is 165 Å². The smallest absolute Gasteiger partial charge is 0.382 e. The van der Waals surface area contributed by atoms with E-state index in [1.807, 2.05) is 0 Å². The molecule has 12 bridgehead atoms. The van der Waals surface area contributed by atoms with E-state index < -0.39 is 78.6 Å². The number of fused-ring (bicyclic) bond motifs is 18. The summed E-state index contributed by atoms with van der Waals surface area (Å²) in [6, 6.07) is -0.0863. The van der Waals surface area contributed by atoms with Gasteiger partial charge in [-0.1, -0.05) is 0 Å². The van der Waals surface area contributed by atoms with Crippen LogP contribution in [0.15, 0.2) is 0 Å². The molecule has 21 unspecified atom stereocenters. The van der Waals surface area contributed by atoms with E-state index in [0.29, 0.717) is 116 Å². The number of phosphoric acid groups is 1. The molecule has 22 nitrogen and oxygen atoms in total. The maximum atomic E-state index is 17.5. The molecule has 0 N–H and O–H groups in total. The molecule has 0 radical (unpaired) electrons. The predicted molar refractivity (Wildman–Crippen MR) is 341 cm³/mol. The lowest BCUT2D eigenvalue weighted by atomic mass is 9.60. The Hall–Kier alpha value is -2.35. The van der Waals surface area contributed by atoms with Gasteiger partial charge in [-0.15, -0.1) is 0 Å². The van der Waals surface area contributed by atoms with E-state index >= 15 is 33.3 Å². The first kappa shape index (κ1) is 69.5. The molecule has 18 fully saturated rings. The van der Waals surface area contributed by atoms with Gasteiger partial charge in [0.15, 0.2) is 34.7 Å². The van der Waals surface area contributed by atoms with Crippen LogP contribution < -0.4 is 0 Å². The lowest BCUT2D eigenvalue weighted by Gasteiger charge is -2.62. The third-order valence-electron chi connectivity index (χ3n) is 26.6. The quantitative estimate of drug-likeness (QED) is 0.0802. The molecular weight excluding hydrogens is 1200 g/mol. The van der Waals surface area contributed by atoms with Crippen molar-refractivity contribution in [3.05, 3.63) is 0 Å². The van der Waals surface area contributed by atoms with Crippen molar-refractivity contribution in [3.63, 3.8) is 0 Å². The van der Waals surface area contributed by atoms with Crippen molar-refractivity contribution in [3.8, 4) is 0 Å². The Kier molecular flexibility index (Phi) is 20.2. The average molecular weight is 1310 g/mol. The summed E-state index contributed by atoms with van der Waals surface area (Å²) in [5.41, 5.74) is -7.64. The molecule has 18 saturated heterocycles. The lowest BCUT2D eigenvalue weighted by Crippen LogP contribution is -2.76. The van der Waals surface area contributed by atoms with Gasteiger partial charge in [-0.2, -0.15) is 0 Å². The molecule has 23 heteroatoms. The Bertz CT molecular complexity index is 2550. The molecule has 518 valence electrons. The van der Waals surface area contributed by atoms with Crippen molar-refractivity contribution < 1.29 is 75.3 Å². The Balaban J connectivity index is 1.01. The fourth-order valence-corrected chi connectivity index (χ4v) is 24.3. The van der Waals surface area contributed by atoms with E-state index in [2.05, 4.69) is 70.9 Å². The number of Topliss-reactive ketones (excluding diaryl/α,β-unsaturated/α-hetero) is 6. The van der Waals surface area contributed by atoms with Crippen LogP contribution in [0.3, 0.4) is 0 Å². The molecule has 0 aromatic carbocycles. The van der Waals surface area contributed by atoms with Gasteiger partial charge >= 0.3 is 7.82 Å². The van der Waals surface area contributed by atoms with Crippen LogP contribution in [0.25, 0.3) is 0 Å². The molecule has 0 aromatic heterocycles. The fraction of sp³-hybridized carbons (Fsp3) is 0.913. The second-order valence-electron chi connectivity index (χ2n) is 31.3. The summed E-state index contributed by atoms with van der Waals surface area (Å²) in [5.74, 6) is -4.04. The van der Waals surface area contributed by atoms with Gasteiger partial charge in [-0.05, 0) is 138 Å². The third kappa shape index (κ3) is 10.8. The number of hydrogen-bond donors (Lipinski definition) is 0. The number of rotatable bonds is 30. The molecule has 18 rings (SSSR count). The monoisotopic (exact) mass is 1310 g/mol. The van der Waals surface area contributed by atoms with Gasteiger partial charge in [-0.3, -0.25) is 71.7 Å². The second-order valence-corrected chi connectivity index (χ2v) is 32.9. The average Bonchev–Trinajstić information content (AvgIpc) is 0.720. The van der Waals surface area contributed by atoms with Gasteiger partial charge in [0.25, 0.3) is 0 Å². The maximum absolute atomic E-state index is 17.5. The van der Waals surface area contributed by atoms with Crippen LogP contribution in [0.5, 0.6) is 0 Å². The summed E-state index contributed by atoms with van der Waals surface area (Å²) in [4.78, 5) is 107. The summed E-state index contributed by atoms with van der Waals surface area (Å²) in [7, 11) is 4.46. The first-order valence-corrected chi connectivity index (χ1v) is 36.8. The predicted octanol–water partition coefficient (Wildman–Crippen LogP) is 5.57. The van der Waals surface area contributed by atoms with Crippen LogP contribution in [-0.4, -0.2) is 275 Å². The molecule has 18 aliphatic heterocycles. The number of carbonyl (C=O) groups excluding carboxylic acids is 6. The number of ketones is 6. The molecule has 0 saturated carbocycles. The fourth-order valence-electron chi connectivity index (χ4n) is 23.0. The van der Waals surface area contributed by atoms with Crippen LogP contribution in [0, 0.1) is 53.3 Å². The number of nitrogens with zero attached hydrogens (tertiary/aromatic N) is 6. The highest BCUT2D eigenvalue weighted by Crippen LogP contribution is 2.59. The largest absolute Gasteiger partial charge is 0.474 e. The van der Waals surface area contributed by atoms with Crippen molar-refractivity contribution in [1.82, 2.24) is 29.4 Å².